The Hall–Kier alpha value is -1.73. The van der Waals surface area contributed by atoms with Crippen molar-refractivity contribution in [2.24, 2.45) is 5.92 Å². The molecular weight excluding hydrogens is 384 g/mol. The van der Waals surface area contributed by atoms with E-state index in [-0.39, 0.29) is 11.9 Å². The monoisotopic (exact) mass is 414 g/mol. The molecule has 7 heteroatoms. The van der Waals surface area contributed by atoms with Gasteiger partial charge in [-0.25, -0.2) is 4.98 Å². The molecule has 29 heavy (non-hydrogen) atoms. The molecule has 3 fully saturated rings. The molecular formula is C22H30N4O2S. The largest absolute Gasteiger partial charge is 0.390 e. The summed E-state index contributed by atoms with van der Waals surface area (Å²) in [6, 6.07) is 3.43. The van der Waals surface area contributed by atoms with E-state index in [1.165, 1.54) is 25.7 Å². The summed E-state index contributed by atoms with van der Waals surface area (Å²) in [7, 11) is 0. The lowest BCUT2D eigenvalue weighted by molar-refractivity contribution is -0.00257. The fourth-order valence-corrected chi connectivity index (χ4v) is 5.68. The van der Waals surface area contributed by atoms with Crippen LogP contribution in [0.5, 0.6) is 0 Å². The van der Waals surface area contributed by atoms with E-state index < -0.39 is 5.60 Å². The molecule has 0 unspecified atom stereocenters. The molecule has 0 aliphatic heterocycles. The molecule has 2 aromatic heterocycles. The Morgan fingerprint density at radius 1 is 1.14 bits per heavy atom. The quantitative estimate of drug-likeness (QED) is 0.750. The summed E-state index contributed by atoms with van der Waals surface area (Å²) in [5, 5.41) is 14.4. The van der Waals surface area contributed by atoms with Crippen molar-refractivity contribution in [3.8, 4) is 0 Å². The van der Waals surface area contributed by atoms with E-state index in [0.29, 0.717) is 23.6 Å². The molecule has 3 saturated carbocycles. The number of anilines is 1. The third-order valence-corrected chi connectivity index (χ3v) is 7.67. The first-order valence-corrected chi connectivity index (χ1v) is 11.8. The molecule has 0 bridgehead atoms. The fourth-order valence-electron chi connectivity index (χ4n) is 4.57. The topological polar surface area (TPSA) is 78.3 Å². The normalized spacial score (nSPS) is 25.2. The van der Waals surface area contributed by atoms with Crippen LogP contribution in [0.25, 0.3) is 10.3 Å². The predicted octanol–water partition coefficient (Wildman–Crippen LogP) is 3.88. The number of hydrogen-bond donors (Lipinski definition) is 2. The molecule has 156 valence electrons. The molecule has 3 aliphatic carbocycles. The Labute approximate surface area is 175 Å². The number of nitrogens with one attached hydrogen (secondary N) is 1. The zero-order chi connectivity index (χ0) is 20.2. The predicted molar refractivity (Wildman–Crippen MR) is 115 cm³/mol. The fraction of sp³-hybridized carbons (Fsp3) is 0.682. The molecule has 6 nitrogen and oxygen atoms in total. The standard InChI is InChI=1S/C22H30N4O2S/c1-22(2,28)14-3-5-15(6-4-14)24-20(27)13-11-18-19(23-12-13)25-21(29-18)26(16-7-8-16)17-9-10-17/h11-12,14-17,28H,3-10H2,1-2H3,(H,24,27). The molecule has 1 amide bonds. The van der Waals surface area contributed by atoms with E-state index in [2.05, 4.69) is 15.2 Å². The van der Waals surface area contributed by atoms with Crippen LogP contribution in [0.3, 0.4) is 0 Å². The second kappa shape index (κ2) is 7.20. The summed E-state index contributed by atoms with van der Waals surface area (Å²) in [6.07, 6.45) is 10.4. The lowest BCUT2D eigenvalue weighted by Crippen LogP contribution is -2.41. The molecule has 0 atom stereocenters. The molecule has 0 aromatic carbocycles. The van der Waals surface area contributed by atoms with Crippen LogP contribution in [0, 0.1) is 5.92 Å². The minimum atomic E-state index is -0.636. The summed E-state index contributed by atoms with van der Waals surface area (Å²) in [5.41, 5.74) is 0.725. The van der Waals surface area contributed by atoms with Gasteiger partial charge in [-0.3, -0.25) is 4.79 Å². The highest BCUT2D eigenvalue weighted by atomic mass is 32.1. The van der Waals surface area contributed by atoms with Crippen molar-refractivity contribution in [3.05, 3.63) is 17.8 Å². The van der Waals surface area contributed by atoms with Crippen LogP contribution in [0.4, 0.5) is 5.13 Å². The zero-order valence-electron chi connectivity index (χ0n) is 17.2. The summed E-state index contributed by atoms with van der Waals surface area (Å²) in [6.45, 7) is 3.77. The molecule has 0 spiro atoms. The third-order valence-electron chi connectivity index (χ3n) is 6.66. The molecule has 0 saturated heterocycles. The first-order valence-electron chi connectivity index (χ1n) is 11.0. The van der Waals surface area contributed by atoms with E-state index in [1.807, 2.05) is 19.9 Å². The number of carbonyl (C=O) groups is 1. The Balaban J connectivity index is 1.26. The van der Waals surface area contributed by atoms with Gasteiger partial charge in [0.2, 0.25) is 0 Å². The Bertz CT molecular complexity index is 893. The van der Waals surface area contributed by atoms with Gasteiger partial charge in [-0.1, -0.05) is 11.3 Å². The summed E-state index contributed by atoms with van der Waals surface area (Å²) < 4.78 is 0.990. The molecule has 3 aliphatic rings. The van der Waals surface area contributed by atoms with Gasteiger partial charge in [-0.15, -0.1) is 0 Å². The van der Waals surface area contributed by atoms with Gasteiger partial charge in [-0.2, -0.15) is 4.98 Å². The third kappa shape index (κ3) is 4.12. The number of amides is 1. The van der Waals surface area contributed by atoms with Crippen LogP contribution in [-0.4, -0.2) is 44.7 Å². The van der Waals surface area contributed by atoms with Gasteiger partial charge < -0.3 is 15.3 Å². The van der Waals surface area contributed by atoms with Crippen molar-refractivity contribution in [2.75, 3.05) is 4.90 Å². The number of rotatable bonds is 6. The maximum Gasteiger partial charge on any atom is 0.253 e. The summed E-state index contributed by atoms with van der Waals surface area (Å²) in [4.78, 5) is 24.5. The maximum atomic E-state index is 12.8. The Kier molecular flexibility index (Phi) is 4.78. The van der Waals surface area contributed by atoms with E-state index >= 15 is 0 Å². The van der Waals surface area contributed by atoms with E-state index in [0.717, 1.165) is 41.2 Å². The van der Waals surface area contributed by atoms with Crippen molar-refractivity contribution >= 4 is 32.7 Å². The van der Waals surface area contributed by atoms with E-state index in [1.54, 1.807) is 17.5 Å². The van der Waals surface area contributed by atoms with Crippen molar-refractivity contribution in [1.29, 1.82) is 0 Å². The molecule has 2 heterocycles. The summed E-state index contributed by atoms with van der Waals surface area (Å²) in [5.74, 6) is 0.257. The van der Waals surface area contributed by atoms with Crippen LogP contribution in [-0.2, 0) is 0 Å². The lowest BCUT2D eigenvalue weighted by atomic mass is 9.77. The van der Waals surface area contributed by atoms with Crippen molar-refractivity contribution in [3.63, 3.8) is 0 Å². The highest BCUT2D eigenvalue weighted by Crippen LogP contribution is 2.43. The summed E-state index contributed by atoms with van der Waals surface area (Å²) >= 11 is 1.67. The average molecular weight is 415 g/mol. The number of aromatic nitrogens is 2. The maximum absolute atomic E-state index is 12.8. The van der Waals surface area contributed by atoms with Gasteiger partial charge in [0.05, 0.1) is 15.9 Å². The van der Waals surface area contributed by atoms with Gasteiger partial charge in [-0.05, 0) is 77.2 Å². The SMILES string of the molecule is CC(C)(O)C1CCC(NC(=O)c2cnc3nc(N(C4CC4)C4CC4)sc3c2)CC1. The molecule has 2 N–H and O–H groups in total. The number of hydrogen-bond acceptors (Lipinski definition) is 6. The van der Waals surface area contributed by atoms with Crippen LogP contribution in [0.2, 0.25) is 0 Å². The first-order chi connectivity index (χ1) is 13.9. The number of thiazole rings is 1. The van der Waals surface area contributed by atoms with E-state index in [4.69, 9.17) is 4.98 Å². The number of nitrogens with zero attached hydrogens (tertiary/aromatic N) is 3. The molecule has 0 radical (unpaired) electrons. The highest BCUT2D eigenvalue weighted by Gasteiger charge is 2.40. The zero-order valence-corrected chi connectivity index (χ0v) is 18.0. The van der Waals surface area contributed by atoms with E-state index in [9.17, 15) is 9.90 Å². The van der Waals surface area contributed by atoms with Crippen LogP contribution in [0.1, 0.15) is 75.6 Å². The smallest absolute Gasteiger partial charge is 0.253 e. The highest BCUT2D eigenvalue weighted by molar-refractivity contribution is 7.22. The van der Waals surface area contributed by atoms with Gasteiger partial charge in [0, 0.05) is 24.3 Å². The van der Waals surface area contributed by atoms with Crippen molar-refractivity contribution in [1.82, 2.24) is 15.3 Å². The van der Waals surface area contributed by atoms with Crippen molar-refractivity contribution < 1.29 is 9.90 Å². The van der Waals surface area contributed by atoms with Gasteiger partial charge in [0.1, 0.15) is 0 Å². The number of carbonyl (C=O) groups excluding carboxylic acids is 1. The lowest BCUT2D eigenvalue weighted by Gasteiger charge is -2.36. The first kappa shape index (κ1) is 19.2. The van der Waals surface area contributed by atoms with Crippen molar-refractivity contribution in [2.45, 2.75) is 88.9 Å². The Morgan fingerprint density at radius 2 is 1.79 bits per heavy atom. The second-order valence-electron chi connectivity index (χ2n) is 9.59. The van der Waals surface area contributed by atoms with Crippen LogP contribution >= 0.6 is 11.3 Å². The number of fused-ring (bicyclic) bond motifs is 1. The van der Waals surface area contributed by atoms with Gasteiger partial charge in [0.15, 0.2) is 10.8 Å². The second-order valence-corrected chi connectivity index (χ2v) is 10.6. The number of aliphatic hydroxyl groups is 1. The molecule has 5 rings (SSSR count). The molecule has 2 aromatic rings. The van der Waals surface area contributed by atoms with Crippen LogP contribution < -0.4 is 10.2 Å². The minimum Gasteiger partial charge on any atom is -0.390 e. The van der Waals surface area contributed by atoms with Gasteiger partial charge in [0.25, 0.3) is 5.91 Å². The minimum absolute atomic E-state index is 0.0534. The average Bonchev–Trinajstić information content (AvgIpc) is 3.60. The van der Waals surface area contributed by atoms with Gasteiger partial charge >= 0.3 is 0 Å². The van der Waals surface area contributed by atoms with Crippen LogP contribution in [0.15, 0.2) is 12.3 Å². The number of pyridine rings is 1. The Morgan fingerprint density at radius 3 is 2.38 bits per heavy atom.